The number of rotatable bonds is 2. The fraction of sp³-hybridized carbons (Fsp3) is 0. The molecular formula is C14H12N6. The van der Waals surface area contributed by atoms with Gasteiger partial charge < -0.3 is 11.5 Å². The molecule has 1 aromatic carbocycles. The lowest BCUT2D eigenvalue weighted by Crippen LogP contribution is -1.99. The fourth-order valence-corrected chi connectivity index (χ4v) is 2.06. The van der Waals surface area contributed by atoms with Gasteiger partial charge in [-0.25, -0.2) is 19.9 Å². The Morgan fingerprint density at radius 1 is 0.800 bits per heavy atom. The second-order valence-corrected chi connectivity index (χ2v) is 4.22. The van der Waals surface area contributed by atoms with Gasteiger partial charge in [-0.2, -0.15) is 0 Å². The minimum absolute atomic E-state index is 0.553. The molecule has 20 heavy (non-hydrogen) atoms. The molecule has 0 bridgehead atoms. The Balaban J connectivity index is 2.29. The Labute approximate surface area is 115 Å². The summed E-state index contributed by atoms with van der Waals surface area (Å²) in [6.45, 7) is 0. The highest BCUT2D eigenvalue weighted by molar-refractivity contribution is 5.90. The normalized spacial score (nSPS) is 10.4. The number of hydrogen-bond acceptors (Lipinski definition) is 6. The maximum absolute atomic E-state index is 6.11. The van der Waals surface area contributed by atoms with Crippen molar-refractivity contribution in [3.05, 3.63) is 49.3 Å². The first-order valence-corrected chi connectivity index (χ1v) is 5.97. The smallest absolute Gasteiger partial charge is 0.116 e. The Bertz CT molecular complexity index is 727. The summed E-state index contributed by atoms with van der Waals surface area (Å²) in [6.07, 6.45) is 6.31. The van der Waals surface area contributed by atoms with Gasteiger partial charge in [0.05, 0.1) is 11.4 Å². The molecule has 0 saturated heterocycles. The van der Waals surface area contributed by atoms with Crippen molar-refractivity contribution in [2.45, 2.75) is 0 Å². The second kappa shape index (κ2) is 4.93. The summed E-state index contributed by atoms with van der Waals surface area (Å²) in [5.74, 6) is 0. The number of nitrogens with zero attached hydrogens (tertiary/aromatic N) is 4. The fourth-order valence-electron chi connectivity index (χ4n) is 2.06. The molecule has 3 aromatic rings. The van der Waals surface area contributed by atoms with Crippen LogP contribution in [0.25, 0.3) is 22.5 Å². The van der Waals surface area contributed by atoms with Crippen molar-refractivity contribution in [1.82, 2.24) is 19.9 Å². The number of benzene rings is 1. The van der Waals surface area contributed by atoms with E-state index in [0.29, 0.717) is 11.4 Å². The van der Waals surface area contributed by atoms with E-state index < -0.39 is 0 Å². The molecule has 2 heterocycles. The molecule has 3 rings (SSSR count). The first kappa shape index (κ1) is 12.0. The minimum Gasteiger partial charge on any atom is -0.399 e. The number of nitrogens with two attached hydrogens (primary N) is 2. The van der Waals surface area contributed by atoms with Gasteiger partial charge in [0.15, 0.2) is 0 Å². The number of hydrogen-bond donors (Lipinski definition) is 2. The van der Waals surface area contributed by atoms with E-state index in [1.54, 1.807) is 30.6 Å². The first-order chi connectivity index (χ1) is 9.75. The maximum Gasteiger partial charge on any atom is 0.116 e. The van der Waals surface area contributed by atoms with Crippen molar-refractivity contribution in [1.29, 1.82) is 0 Å². The summed E-state index contributed by atoms with van der Waals surface area (Å²) in [5, 5.41) is 0. The molecule has 0 saturated carbocycles. The molecule has 0 aliphatic rings. The lowest BCUT2D eigenvalue weighted by Gasteiger charge is -2.12. The van der Waals surface area contributed by atoms with Crippen LogP contribution in [0.5, 0.6) is 0 Å². The molecule has 6 heteroatoms. The van der Waals surface area contributed by atoms with Crippen LogP contribution >= 0.6 is 0 Å². The van der Waals surface area contributed by atoms with Gasteiger partial charge in [-0.1, -0.05) is 0 Å². The zero-order valence-corrected chi connectivity index (χ0v) is 10.6. The molecule has 0 unspecified atom stereocenters. The zero-order chi connectivity index (χ0) is 13.9. The van der Waals surface area contributed by atoms with E-state index in [2.05, 4.69) is 19.9 Å². The number of anilines is 2. The molecule has 2 aromatic heterocycles. The Hall–Kier alpha value is -3.02. The highest BCUT2D eigenvalue weighted by Gasteiger charge is 2.14. The van der Waals surface area contributed by atoms with E-state index in [4.69, 9.17) is 11.5 Å². The van der Waals surface area contributed by atoms with Crippen LogP contribution in [0, 0.1) is 0 Å². The molecule has 4 N–H and O–H groups in total. The van der Waals surface area contributed by atoms with Crippen molar-refractivity contribution in [2.75, 3.05) is 11.5 Å². The molecule has 0 amide bonds. The topological polar surface area (TPSA) is 104 Å². The molecule has 0 aliphatic carbocycles. The predicted molar refractivity (Wildman–Crippen MR) is 77.3 cm³/mol. The second-order valence-electron chi connectivity index (χ2n) is 4.22. The van der Waals surface area contributed by atoms with Crippen LogP contribution in [0.4, 0.5) is 11.4 Å². The Morgan fingerprint density at radius 2 is 1.45 bits per heavy atom. The molecule has 0 aliphatic heterocycles. The van der Waals surface area contributed by atoms with Gasteiger partial charge in [-0.05, 0) is 24.3 Å². The largest absolute Gasteiger partial charge is 0.399 e. The summed E-state index contributed by atoms with van der Waals surface area (Å²) >= 11 is 0. The molecule has 98 valence electrons. The molecule has 6 nitrogen and oxygen atoms in total. The number of aromatic nitrogens is 4. The highest BCUT2D eigenvalue weighted by Crippen LogP contribution is 2.36. The predicted octanol–water partition coefficient (Wildman–Crippen LogP) is 1.76. The molecule has 0 spiro atoms. The monoisotopic (exact) mass is 264 g/mol. The molecule has 0 radical (unpaired) electrons. The summed E-state index contributed by atoms with van der Waals surface area (Å²) in [5.41, 5.74) is 16.2. The highest BCUT2D eigenvalue weighted by atomic mass is 14.8. The maximum atomic E-state index is 6.11. The van der Waals surface area contributed by atoms with E-state index in [0.717, 1.165) is 22.5 Å². The number of nitrogen functional groups attached to an aromatic ring is 2. The van der Waals surface area contributed by atoms with Crippen LogP contribution in [-0.2, 0) is 0 Å². The third-order valence-electron chi connectivity index (χ3n) is 2.89. The third kappa shape index (κ3) is 2.14. The van der Waals surface area contributed by atoms with E-state index in [1.807, 2.05) is 6.07 Å². The van der Waals surface area contributed by atoms with Crippen molar-refractivity contribution < 1.29 is 0 Å². The average Bonchev–Trinajstić information content (AvgIpc) is 2.48. The van der Waals surface area contributed by atoms with Gasteiger partial charge in [0.1, 0.15) is 12.7 Å². The SMILES string of the molecule is Nc1cc(N)c(-c2ccncn2)c(-c2ccncn2)c1. The first-order valence-electron chi connectivity index (χ1n) is 5.97. The van der Waals surface area contributed by atoms with E-state index in [1.165, 1.54) is 12.7 Å². The van der Waals surface area contributed by atoms with Crippen LogP contribution in [0.2, 0.25) is 0 Å². The molecule has 0 fully saturated rings. The van der Waals surface area contributed by atoms with Gasteiger partial charge in [-0.15, -0.1) is 0 Å². The Morgan fingerprint density at radius 3 is 2.05 bits per heavy atom. The molecular weight excluding hydrogens is 252 g/mol. The summed E-state index contributed by atoms with van der Waals surface area (Å²) in [6, 6.07) is 7.14. The van der Waals surface area contributed by atoms with Gasteiger partial charge in [0, 0.05) is 34.9 Å². The van der Waals surface area contributed by atoms with E-state index in [-0.39, 0.29) is 0 Å². The minimum atomic E-state index is 0.553. The molecule has 0 atom stereocenters. The Kier molecular flexibility index (Phi) is 2.96. The lowest BCUT2D eigenvalue weighted by atomic mass is 9.98. The van der Waals surface area contributed by atoms with Gasteiger partial charge >= 0.3 is 0 Å². The van der Waals surface area contributed by atoms with Crippen LogP contribution in [-0.4, -0.2) is 19.9 Å². The van der Waals surface area contributed by atoms with Crippen LogP contribution < -0.4 is 11.5 Å². The third-order valence-corrected chi connectivity index (χ3v) is 2.89. The summed E-state index contributed by atoms with van der Waals surface area (Å²) < 4.78 is 0. The van der Waals surface area contributed by atoms with Crippen LogP contribution in [0.15, 0.2) is 49.3 Å². The van der Waals surface area contributed by atoms with Crippen LogP contribution in [0.3, 0.4) is 0 Å². The lowest BCUT2D eigenvalue weighted by molar-refractivity contribution is 1.16. The summed E-state index contributed by atoms with van der Waals surface area (Å²) in [4.78, 5) is 16.3. The van der Waals surface area contributed by atoms with Crippen LogP contribution in [0.1, 0.15) is 0 Å². The zero-order valence-electron chi connectivity index (χ0n) is 10.6. The average molecular weight is 264 g/mol. The van der Waals surface area contributed by atoms with Gasteiger partial charge in [-0.3, -0.25) is 0 Å². The van der Waals surface area contributed by atoms with Crippen molar-refractivity contribution in [2.24, 2.45) is 0 Å². The summed E-state index contributed by atoms with van der Waals surface area (Å²) in [7, 11) is 0. The van der Waals surface area contributed by atoms with Crippen molar-refractivity contribution in [3.8, 4) is 22.5 Å². The van der Waals surface area contributed by atoms with E-state index >= 15 is 0 Å². The van der Waals surface area contributed by atoms with Crippen molar-refractivity contribution >= 4 is 11.4 Å². The van der Waals surface area contributed by atoms with E-state index in [9.17, 15) is 0 Å². The quantitative estimate of drug-likeness (QED) is 0.683. The standard InChI is InChI=1S/C14H12N6/c15-9-5-10(12-1-3-17-7-19-12)14(11(16)6-9)13-2-4-18-8-20-13/h1-8H,15-16H2. The van der Waals surface area contributed by atoms with Crippen molar-refractivity contribution in [3.63, 3.8) is 0 Å². The van der Waals surface area contributed by atoms with Gasteiger partial charge in [0.2, 0.25) is 0 Å². The van der Waals surface area contributed by atoms with Gasteiger partial charge in [0.25, 0.3) is 0 Å².